The van der Waals surface area contributed by atoms with Gasteiger partial charge < -0.3 is 15.0 Å². The molecule has 112 valence electrons. The number of hydrogen-bond donors (Lipinski definition) is 1. The Morgan fingerprint density at radius 3 is 2.95 bits per heavy atom. The van der Waals surface area contributed by atoms with E-state index < -0.39 is 0 Å². The number of guanidine groups is 1. The van der Waals surface area contributed by atoms with E-state index in [-0.39, 0.29) is 0 Å². The van der Waals surface area contributed by atoms with Crippen LogP contribution >= 0.6 is 11.3 Å². The van der Waals surface area contributed by atoms with Crippen LogP contribution in [0, 0.1) is 5.92 Å². The maximum atomic E-state index is 5.25. The van der Waals surface area contributed by atoms with Crippen LogP contribution in [0.4, 0.5) is 0 Å². The number of methoxy groups -OCH3 is 1. The summed E-state index contributed by atoms with van der Waals surface area (Å²) in [4.78, 5) is 9.55. The van der Waals surface area contributed by atoms with Gasteiger partial charge in [-0.1, -0.05) is 6.92 Å². The molecule has 1 unspecified atom stereocenters. The number of aryl methyl sites for hydroxylation is 1. The average molecular weight is 295 g/mol. The monoisotopic (exact) mass is 295 g/mol. The minimum Gasteiger partial charge on any atom is -0.384 e. The number of hydrogen-bond acceptors (Lipinski definition) is 3. The van der Waals surface area contributed by atoms with Gasteiger partial charge in [0.05, 0.1) is 13.2 Å². The lowest BCUT2D eigenvalue weighted by atomic mass is 10.1. The fourth-order valence-corrected chi connectivity index (χ4v) is 3.50. The van der Waals surface area contributed by atoms with Crippen molar-refractivity contribution in [3.05, 3.63) is 21.9 Å². The van der Waals surface area contributed by atoms with E-state index in [1.165, 1.54) is 16.2 Å². The molecule has 1 aromatic rings. The first-order chi connectivity index (χ1) is 9.76. The molecule has 1 saturated heterocycles. The standard InChI is InChI=1S/C15H25N3OS/c1-4-13-5-6-14(20-13)9-17-15(16-2)18-8-7-12(10-18)11-19-3/h5-6,12H,4,7-11H2,1-3H3,(H,16,17). The third-order valence-electron chi connectivity index (χ3n) is 3.69. The van der Waals surface area contributed by atoms with Crippen LogP contribution in [-0.4, -0.2) is 44.7 Å². The van der Waals surface area contributed by atoms with Gasteiger partial charge in [-0.3, -0.25) is 4.99 Å². The Kier molecular flexibility index (Phi) is 5.86. The quantitative estimate of drug-likeness (QED) is 0.669. The zero-order chi connectivity index (χ0) is 14.4. The summed E-state index contributed by atoms with van der Waals surface area (Å²) in [6.45, 7) is 6.01. The molecule has 20 heavy (non-hydrogen) atoms. The Hall–Kier alpha value is -1.07. The molecule has 0 aliphatic carbocycles. The molecule has 1 atom stereocenters. The lowest BCUT2D eigenvalue weighted by Gasteiger charge is -2.21. The highest BCUT2D eigenvalue weighted by atomic mass is 32.1. The number of aliphatic imine (C=N–C) groups is 1. The van der Waals surface area contributed by atoms with Crippen LogP contribution in [0.5, 0.6) is 0 Å². The second-order valence-corrected chi connectivity index (χ2v) is 6.43. The first-order valence-electron chi connectivity index (χ1n) is 7.29. The normalized spacial score (nSPS) is 19.6. The fourth-order valence-electron chi connectivity index (χ4n) is 2.60. The molecule has 2 rings (SSSR count). The lowest BCUT2D eigenvalue weighted by molar-refractivity contribution is 0.157. The molecule has 4 nitrogen and oxygen atoms in total. The molecule has 1 N–H and O–H groups in total. The van der Waals surface area contributed by atoms with E-state index in [4.69, 9.17) is 4.74 Å². The topological polar surface area (TPSA) is 36.9 Å². The third kappa shape index (κ3) is 3.96. The van der Waals surface area contributed by atoms with Crippen molar-refractivity contribution >= 4 is 17.3 Å². The molecule has 0 spiro atoms. The van der Waals surface area contributed by atoms with Crippen LogP contribution in [0.3, 0.4) is 0 Å². The highest BCUT2D eigenvalue weighted by molar-refractivity contribution is 7.11. The smallest absolute Gasteiger partial charge is 0.193 e. The van der Waals surface area contributed by atoms with E-state index >= 15 is 0 Å². The van der Waals surface area contributed by atoms with Crippen molar-refractivity contribution in [1.82, 2.24) is 10.2 Å². The number of ether oxygens (including phenoxy) is 1. The van der Waals surface area contributed by atoms with Gasteiger partial charge in [0.15, 0.2) is 5.96 Å². The highest BCUT2D eigenvalue weighted by Gasteiger charge is 2.24. The summed E-state index contributed by atoms with van der Waals surface area (Å²) in [5, 5.41) is 3.47. The number of nitrogens with zero attached hydrogens (tertiary/aromatic N) is 2. The number of likely N-dealkylation sites (tertiary alicyclic amines) is 1. The van der Waals surface area contributed by atoms with Gasteiger partial charge in [-0.05, 0) is 25.0 Å². The first kappa shape index (κ1) is 15.3. The molecule has 0 radical (unpaired) electrons. The molecule has 2 heterocycles. The van der Waals surface area contributed by atoms with Gasteiger partial charge in [-0.25, -0.2) is 0 Å². The predicted molar refractivity (Wildman–Crippen MR) is 85.5 cm³/mol. The maximum Gasteiger partial charge on any atom is 0.193 e. The summed E-state index contributed by atoms with van der Waals surface area (Å²) in [6.07, 6.45) is 2.30. The Balaban J connectivity index is 1.84. The van der Waals surface area contributed by atoms with Crippen molar-refractivity contribution in [2.24, 2.45) is 10.9 Å². The van der Waals surface area contributed by atoms with Crippen molar-refractivity contribution in [3.8, 4) is 0 Å². The molecule has 1 aliphatic rings. The van der Waals surface area contributed by atoms with Gasteiger partial charge >= 0.3 is 0 Å². The molecular weight excluding hydrogens is 270 g/mol. The molecule has 0 amide bonds. The molecule has 5 heteroatoms. The van der Waals surface area contributed by atoms with Gasteiger partial charge in [-0.15, -0.1) is 11.3 Å². The van der Waals surface area contributed by atoms with Crippen LogP contribution < -0.4 is 5.32 Å². The average Bonchev–Trinajstić information content (AvgIpc) is 3.09. The number of rotatable bonds is 5. The van der Waals surface area contributed by atoms with Crippen LogP contribution in [0.15, 0.2) is 17.1 Å². The van der Waals surface area contributed by atoms with Gasteiger partial charge in [-0.2, -0.15) is 0 Å². The second kappa shape index (κ2) is 7.64. The van der Waals surface area contributed by atoms with E-state index in [1.54, 1.807) is 7.11 Å². The van der Waals surface area contributed by atoms with E-state index in [0.29, 0.717) is 5.92 Å². The van der Waals surface area contributed by atoms with E-state index in [2.05, 4.69) is 34.3 Å². The van der Waals surface area contributed by atoms with Crippen LogP contribution in [0.1, 0.15) is 23.1 Å². The van der Waals surface area contributed by atoms with Crippen molar-refractivity contribution < 1.29 is 4.74 Å². The van der Waals surface area contributed by atoms with Gasteiger partial charge in [0.2, 0.25) is 0 Å². The minimum absolute atomic E-state index is 0.631. The number of nitrogens with one attached hydrogen (secondary N) is 1. The summed E-state index contributed by atoms with van der Waals surface area (Å²) in [5.74, 6) is 1.64. The van der Waals surface area contributed by atoms with Crippen molar-refractivity contribution in [2.75, 3.05) is 33.9 Å². The summed E-state index contributed by atoms with van der Waals surface area (Å²) in [7, 11) is 3.63. The highest BCUT2D eigenvalue weighted by Crippen LogP contribution is 2.18. The molecule has 0 saturated carbocycles. The molecule has 1 aromatic heterocycles. The SMILES string of the molecule is CCc1ccc(CNC(=NC)N2CCC(COC)C2)s1. The Labute approximate surface area is 125 Å². The Bertz CT molecular complexity index is 444. The first-order valence-corrected chi connectivity index (χ1v) is 8.10. The number of thiophene rings is 1. The summed E-state index contributed by atoms with van der Waals surface area (Å²) in [6, 6.07) is 4.43. The second-order valence-electron chi connectivity index (χ2n) is 5.18. The maximum absolute atomic E-state index is 5.25. The summed E-state index contributed by atoms with van der Waals surface area (Å²) in [5.41, 5.74) is 0. The zero-order valence-corrected chi connectivity index (χ0v) is 13.5. The van der Waals surface area contributed by atoms with Gasteiger partial charge in [0, 0.05) is 42.9 Å². The molecule has 1 fully saturated rings. The van der Waals surface area contributed by atoms with Crippen LogP contribution in [0.2, 0.25) is 0 Å². The lowest BCUT2D eigenvalue weighted by Crippen LogP contribution is -2.39. The summed E-state index contributed by atoms with van der Waals surface area (Å²) < 4.78 is 5.25. The third-order valence-corrected chi connectivity index (χ3v) is 4.92. The molecule has 1 aliphatic heterocycles. The van der Waals surface area contributed by atoms with E-state index in [9.17, 15) is 0 Å². The van der Waals surface area contributed by atoms with E-state index in [0.717, 1.165) is 38.6 Å². The Morgan fingerprint density at radius 1 is 1.50 bits per heavy atom. The fraction of sp³-hybridized carbons (Fsp3) is 0.667. The molecule has 0 bridgehead atoms. The van der Waals surface area contributed by atoms with Gasteiger partial charge in [0.1, 0.15) is 0 Å². The predicted octanol–water partition coefficient (Wildman–Crippen LogP) is 2.35. The van der Waals surface area contributed by atoms with E-state index in [1.807, 2.05) is 18.4 Å². The zero-order valence-electron chi connectivity index (χ0n) is 12.7. The minimum atomic E-state index is 0.631. The van der Waals surface area contributed by atoms with Gasteiger partial charge in [0.25, 0.3) is 0 Å². The molecular formula is C15H25N3OS. The summed E-state index contributed by atoms with van der Waals surface area (Å²) >= 11 is 1.88. The Morgan fingerprint density at radius 2 is 2.30 bits per heavy atom. The van der Waals surface area contributed by atoms with Crippen molar-refractivity contribution in [2.45, 2.75) is 26.3 Å². The molecule has 0 aromatic carbocycles. The largest absolute Gasteiger partial charge is 0.384 e. The van der Waals surface area contributed by atoms with Crippen LogP contribution in [0.25, 0.3) is 0 Å². The van der Waals surface area contributed by atoms with Crippen LogP contribution in [-0.2, 0) is 17.7 Å². The van der Waals surface area contributed by atoms with Crippen molar-refractivity contribution in [3.63, 3.8) is 0 Å². The van der Waals surface area contributed by atoms with Crippen molar-refractivity contribution in [1.29, 1.82) is 0 Å².